The van der Waals surface area contributed by atoms with Crippen molar-refractivity contribution in [2.75, 3.05) is 72.0 Å². The molecule has 4 amide bonds. The molecule has 1 aliphatic rings. The van der Waals surface area contributed by atoms with E-state index in [1.165, 1.54) is 52.0 Å². The Hall–Kier alpha value is -5.78. The first kappa shape index (κ1) is 48.4. The SMILES string of the molecule is C[C@@H](NC(=O)CN1CCN(CC(=O)N[C@H](C)C(=O)O)CCN(CC(=O)N[C@H](C)C(=O)O)[C@@H](Cc2ccc([N+](=O)[O-])cc2)CN(CC(=O)N[C@H](C)C(=O)O)CC1)C(=O)O. The Morgan fingerprint density at radius 3 is 1.28 bits per heavy atom. The highest BCUT2D eigenvalue weighted by molar-refractivity contribution is 5.86. The molecule has 322 valence electrons. The first-order chi connectivity index (χ1) is 27.1. The summed E-state index contributed by atoms with van der Waals surface area (Å²) in [6.45, 7) is 4.19. The summed E-state index contributed by atoms with van der Waals surface area (Å²) in [5, 5.41) is 58.4. The van der Waals surface area contributed by atoms with Crippen molar-refractivity contribution in [2.24, 2.45) is 0 Å². The summed E-state index contributed by atoms with van der Waals surface area (Å²) in [4.78, 5) is 116. The van der Waals surface area contributed by atoms with Crippen LogP contribution in [0.25, 0.3) is 0 Å². The Labute approximate surface area is 333 Å². The van der Waals surface area contributed by atoms with E-state index in [9.17, 15) is 68.9 Å². The van der Waals surface area contributed by atoms with Gasteiger partial charge in [0.2, 0.25) is 23.6 Å². The zero-order chi connectivity index (χ0) is 43.7. The van der Waals surface area contributed by atoms with E-state index in [0.717, 1.165) is 0 Å². The standard InChI is InChI=1S/C35H53N9O14/c1-21(32(49)50)36-28(45)17-40-9-10-41(18-29(46)37-22(2)33(51)52)13-14-43(20-31(48)39-24(4)35(55)56)27(15-25-5-7-26(8-6-25)44(57)58)16-42(12-11-40)19-30(47)38-23(3)34(53)54/h5-8,21-24,27H,9-20H2,1-4H3,(H,36,45)(H,37,46)(H,38,47)(H,39,48)(H,49,50)(H,51,52)(H,53,54)(H,55,56)/t21-,22-,23-,24-,27+/m1/s1. The van der Waals surface area contributed by atoms with E-state index >= 15 is 0 Å². The molecule has 5 atom stereocenters. The second kappa shape index (κ2) is 23.5. The summed E-state index contributed by atoms with van der Waals surface area (Å²) >= 11 is 0. The van der Waals surface area contributed by atoms with Crippen LogP contribution in [0.5, 0.6) is 0 Å². The number of carboxylic acid groups (broad SMARTS) is 4. The van der Waals surface area contributed by atoms with Crippen molar-refractivity contribution in [3.63, 3.8) is 0 Å². The van der Waals surface area contributed by atoms with Gasteiger partial charge in [0, 0.05) is 64.0 Å². The number of amides is 4. The Morgan fingerprint density at radius 2 is 0.914 bits per heavy atom. The largest absolute Gasteiger partial charge is 0.480 e. The maximum Gasteiger partial charge on any atom is 0.325 e. The molecule has 1 fully saturated rings. The van der Waals surface area contributed by atoms with E-state index in [4.69, 9.17) is 0 Å². The third kappa shape index (κ3) is 17.6. The molecule has 58 heavy (non-hydrogen) atoms. The van der Waals surface area contributed by atoms with Crippen molar-refractivity contribution < 1.29 is 63.7 Å². The minimum Gasteiger partial charge on any atom is -0.480 e. The topological polar surface area (TPSA) is 322 Å². The summed E-state index contributed by atoms with van der Waals surface area (Å²) < 4.78 is 0. The zero-order valence-electron chi connectivity index (χ0n) is 32.8. The first-order valence-corrected chi connectivity index (χ1v) is 18.4. The highest BCUT2D eigenvalue weighted by atomic mass is 16.6. The van der Waals surface area contributed by atoms with Crippen LogP contribution >= 0.6 is 0 Å². The lowest BCUT2D eigenvalue weighted by Crippen LogP contribution is -2.56. The van der Waals surface area contributed by atoms with E-state index in [2.05, 4.69) is 21.3 Å². The monoisotopic (exact) mass is 823 g/mol. The number of carbonyl (C=O) groups excluding carboxylic acids is 4. The smallest absolute Gasteiger partial charge is 0.325 e. The van der Waals surface area contributed by atoms with Gasteiger partial charge in [-0.15, -0.1) is 0 Å². The molecule has 0 bridgehead atoms. The lowest BCUT2D eigenvalue weighted by molar-refractivity contribution is -0.384. The Bertz CT molecular complexity index is 1650. The number of nitro benzene ring substituents is 1. The number of nitrogens with zero attached hydrogens (tertiary/aromatic N) is 5. The van der Waals surface area contributed by atoms with Crippen molar-refractivity contribution in [1.82, 2.24) is 40.9 Å². The van der Waals surface area contributed by atoms with Gasteiger partial charge in [-0.3, -0.25) is 68.1 Å². The molecular weight excluding hydrogens is 770 g/mol. The average Bonchev–Trinajstić information content (AvgIpc) is 3.12. The van der Waals surface area contributed by atoms with Gasteiger partial charge in [0.05, 0.1) is 31.1 Å². The number of carbonyl (C=O) groups is 8. The van der Waals surface area contributed by atoms with Gasteiger partial charge in [-0.05, 0) is 39.7 Å². The average molecular weight is 824 g/mol. The number of nitro groups is 1. The molecule has 0 aliphatic carbocycles. The van der Waals surface area contributed by atoms with Gasteiger partial charge in [0.25, 0.3) is 5.69 Å². The van der Waals surface area contributed by atoms with Crippen molar-refractivity contribution in [2.45, 2.75) is 64.3 Å². The van der Waals surface area contributed by atoms with Crippen LogP contribution in [-0.2, 0) is 44.8 Å². The van der Waals surface area contributed by atoms with Crippen LogP contribution in [-0.4, -0.2) is 195 Å². The Morgan fingerprint density at radius 1 is 0.586 bits per heavy atom. The van der Waals surface area contributed by atoms with E-state index < -0.39 is 82.6 Å². The molecule has 2 rings (SSSR count). The van der Waals surface area contributed by atoms with Gasteiger partial charge in [0.15, 0.2) is 0 Å². The molecule has 1 aliphatic heterocycles. The summed E-state index contributed by atoms with van der Waals surface area (Å²) in [5.74, 6) is -7.73. The number of carboxylic acids is 4. The number of rotatable bonds is 19. The highest BCUT2D eigenvalue weighted by Crippen LogP contribution is 2.17. The summed E-state index contributed by atoms with van der Waals surface area (Å²) in [5.41, 5.74) is 0.404. The second-order valence-electron chi connectivity index (χ2n) is 14.0. The molecule has 0 unspecified atom stereocenters. The molecule has 1 saturated heterocycles. The van der Waals surface area contributed by atoms with Crippen LogP contribution < -0.4 is 21.3 Å². The zero-order valence-corrected chi connectivity index (χ0v) is 32.8. The number of aliphatic carboxylic acids is 4. The van der Waals surface area contributed by atoms with Crippen LogP contribution in [0.3, 0.4) is 0 Å². The van der Waals surface area contributed by atoms with E-state index in [1.54, 1.807) is 19.6 Å². The predicted octanol–water partition coefficient (Wildman–Crippen LogP) is -2.92. The van der Waals surface area contributed by atoms with E-state index in [-0.39, 0.29) is 84.1 Å². The van der Waals surface area contributed by atoms with Crippen LogP contribution in [0.1, 0.15) is 33.3 Å². The molecule has 1 heterocycles. The van der Waals surface area contributed by atoms with Crippen LogP contribution in [0.15, 0.2) is 24.3 Å². The normalized spacial score (nSPS) is 18.4. The number of hydrogen-bond acceptors (Lipinski definition) is 14. The molecule has 23 heteroatoms. The quantitative estimate of drug-likeness (QED) is 0.0512. The highest BCUT2D eigenvalue weighted by Gasteiger charge is 2.30. The van der Waals surface area contributed by atoms with Gasteiger partial charge in [0.1, 0.15) is 24.2 Å². The molecule has 23 nitrogen and oxygen atoms in total. The maximum atomic E-state index is 13.3. The fourth-order valence-corrected chi connectivity index (χ4v) is 5.82. The number of hydrogen-bond donors (Lipinski definition) is 8. The van der Waals surface area contributed by atoms with E-state index in [1.807, 2.05) is 0 Å². The maximum absolute atomic E-state index is 13.3. The van der Waals surface area contributed by atoms with Gasteiger partial charge in [-0.25, -0.2) is 0 Å². The van der Waals surface area contributed by atoms with Crippen LogP contribution in [0.4, 0.5) is 5.69 Å². The molecule has 0 saturated carbocycles. The van der Waals surface area contributed by atoms with Crippen LogP contribution in [0, 0.1) is 10.1 Å². The number of benzene rings is 1. The van der Waals surface area contributed by atoms with Gasteiger partial charge >= 0.3 is 23.9 Å². The minimum atomic E-state index is -1.29. The van der Waals surface area contributed by atoms with Crippen LogP contribution in [0.2, 0.25) is 0 Å². The summed E-state index contributed by atoms with van der Waals surface area (Å²) in [7, 11) is 0. The molecule has 0 radical (unpaired) electrons. The fraction of sp³-hybridized carbons (Fsp3) is 0.600. The molecular formula is C35H53N9O14. The molecule has 0 aromatic heterocycles. The third-order valence-electron chi connectivity index (χ3n) is 9.21. The van der Waals surface area contributed by atoms with Gasteiger partial charge in [-0.2, -0.15) is 0 Å². The predicted molar refractivity (Wildman–Crippen MR) is 202 cm³/mol. The molecule has 1 aromatic rings. The van der Waals surface area contributed by atoms with Crippen molar-refractivity contribution >= 4 is 53.2 Å². The summed E-state index contributed by atoms with van der Waals surface area (Å²) in [6, 6.07) is -0.0226. The molecule has 8 N–H and O–H groups in total. The van der Waals surface area contributed by atoms with Crippen molar-refractivity contribution in [3.8, 4) is 0 Å². The first-order valence-electron chi connectivity index (χ1n) is 18.4. The second-order valence-corrected chi connectivity index (χ2v) is 14.0. The molecule has 1 aromatic carbocycles. The third-order valence-corrected chi connectivity index (χ3v) is 9.21. The molecule has 0 spiro atoms. The minimum absolute atomic E-state index is 0.000319. The summed E-state index contributed by atoms with van der Waals surface area (Å²) in [6.07, 6.45) is 0.124. The van der Waals surface area contributed by atoms with Crippen molar-refractivity contribution in [3.05, 3.63) is 39.9 Å². The lowest BCUT2D eigenvalue weighted by atomic mass is 10.0. The lowest BCUT2D eigenvalue weighted by Gasteiger charge is -2.38. The van der Waals surface area contributed by atoms with Crippen molar-refractivity contribution in [1.29, 1.82) is 0 Å². The Balaban J connectivity index is 2.65. The Kier molecular flexibility index (Phi) is 19.6. The van der Waals surface area contributed by atoms with Gasteiger partial charge in [-0.1, -0.05) is 12.1 Å². The van der Waals surface area contributed by atoms with E-state index in [0.29, 0.717) is 5.56 Å². The number of nitrogens with one attached hydrogen (secondary N) is 4. The number of non-ortho nitro benzene ring substituents is 1. The fourth-order valence-electron chi connectivity index (χ4n) is 5.82. The van der Waals surface area contributed by atoms with Gasteiger partial charge < -0.3 is 41.7 Å².